The van der Waals surface area contributed by atoms with Gasteiger partial charge in [0.25, 0.3) is 0 Å². The Balaban J connectivity index is 3.80. The molecule has 0 aliphatic heterocycles. The second-order valence-electron chi connectivity index (χ2n) is 3.87. The third kappa shape index (κ3) is 5.80. The van der Waals surface area contributed by atoms with Crippen molar-refractivity contribution in [2.45, 2.75) is 44.8 Å². The van der Waals surface area contributed by atoms with E-state index in [9.17, 15) is 10.2 Å². The molecule has 0 bridgehead atoms. The van der Waals surface area contributed by atoms with Crippen molar-refractivity contribution in [2.24, 2.45) is 0 Å². The second-order valence-corrected chi connectivity index (χ2v) is 3.87. The van der Waals surface area contributed by atoms with Crippen LogP contribution in [0.3, 0.4) is 0 Å². The van der Waals surface area contributed by atoms with Gasteiger partial charge in [0, 0.05) is 6.61 Å². The van der Waals surface area contributed by atoms with Crippen molar-refractivity contribution < 1.29 is 15.3 Å². The molecule has 0 saturated carbocycles. The molecule has 0 aromatic rings. The summed E-state index contributed by atoms with van der Waals surface area (Å²) in [6.45, 7) is 7.01. The van der Waals surface area contributed by atoms with Gasteiger partial charge in [0.05, 0.1) is 11.7 Å². The molecule has 0 aliphatic carbocycles. The molecule has 0 fully saturated rings. The molecule has 0 rings (SSSR count). The first-order chi connectivity index (χ1) is 5.89. The molecule has 0 radical (unpaired) electrons. The maximum atomic E-state index is 9.64. The molecule has 0 aromatic heterocycles. The lowest BCUT2D eigenvalue weighted by atomic mass is 9.93. The van der Waals surface area contributed by atoms with Gasteiger partial charge in [-0.2, -0.15) is 0 Å². The zero-order chi connectivity index (χ0) is 10.5. The van der Waals surface area contributed by atoms with Crippen LogP contribution in [0, 0.1) is 0 Å². The van der Waals surface area contributed by atoms with E-state index in [0.717, 1.165) is 0 Å². The summed E-state index contributed by atoms with van der Waals surface area (Å²) in [5, 5.41) is 27.7. The highest BCUT2D eigenvalue weighted by Gasteiger charge is 2.20. The van der Waals surface area contributed by atoms with E-state index in [4.69, 9.17) is 5.11 Å². The Bertz CT molecular complexity index is 164. The Morgan fingerprint density at radius 2 is 2.00 bits per heavy atom. The van der Waals surface area contributed by atoms with Crippen LogP contribution < -0.4 is 0 Å². The van der Waals surface area contributed by atoms with E-state index in [1.165, 1.54) is 0 Å². The summed E-state index contributed by atoms with van der Waals surface area (Å²) in [6.07, 6.45) is 0.755. The topological polar surface area (TPSA) is 60.7 Å². The van der Waals surface area contributed by atoms with E-state index < -0.39 is 11.7 Å². The molecule has 2 atom stereocenters. The van der Waals surface area contributed by atoms with E-state index >= 15 is 0 Å². The maximum absolute atomic E-state index is 9.64. The van der Waals surface area contributed by atoms with Gasteiger partial charge in [0.1, 0.15) is 0 Å². The van der Waals surface area contributed by atoms with Gasteiger partial charge < -0.3 is 15.3 Å². The highest BCUT2D eigenvalue weighted by Crippen LogP contribution is 2.19. The standard InChI is InChI=1S/C10H20O3/c1-8(2)9(12)4-5-10(3,13)6-7-11/h9,11-13H,1,4-7H2,2-3H3. The van der Waals surface area contributed by atoms with E-state index in [2.05, 4.69) is 6.58 Å². The van der Waals surface area contributed by atoms with Crippen LogP contribution in [-0.2, 0) is 0 Å². The lowest BCUT2D eigenvalue weighted by Gasteiger charge is -2.23. The van der Waals surface area contributed by atoms with Crippen molar-refractivity contribution >= 4 is 0 Å². The first-order valence-electron chi connectivity index (χ1n) is 4.56. The molecule has 0 amide bonds. The molecule has 0 aliphatic rings. The first kappa shape index (κ1) is 12.6. The number of hydrogen-bond donors (Lipinski definition) is 3. The Kier molecular flexibility index (Phi) is 5.21. The molecule has 3 nitrogen and oxygen atoms in total. The van der Waals surface area contributed by atoms with Crippen LogP contribution in [-0.4, -0.2) is 33.6 Å². The van der Waals surface area contributed by atoms with Crippen molar-refractivity contribution in [1.29, 1.82) is 0 Å². The van der Waals surface area contributed by atoms with Crippen LogP contribution >= 0.6 is 0 Å². The van der Waals surface area contributed by atoms with Gasteiger partial charge in [-0.3, -0.25) is 0 Å². The van der Waals surface area contributed by atoms with Crippen LogP contribution in [0.1, 0.15) is 33.1 Å². The van der Waals surface area contributed by atoms with Gasteiger partial charge in [-0.1, -0.05) is 12.2 Å². The second kappa shape index (κ2) is 5.37. The molecular formula is C10H20O3. The van der Waals surface area contributed by atoms with Crippen LogP contribution in [0.2, 0.25) is 0 Å². The minimum atomic E-state index is -0.884. The zero-order valence-corrected chi connectivity index (χ0v) is 8.45. The van der Waals surface area contributed by atoms with Gasteiger partial charge in [0.15, 0.2) is 0 Å². The highest BCUT2D eigenvalue weighted by atomic mass is 16.3. The van der Waals surface area contributed by atoms with Crippen LogP contribution in [0.25, 0.3) is 0 Å². The number of rotatable bonds is 6. The van der Waals surface area contributed by atoms with Gasteiger partial charge in [-0.25, -0.2) is 0 Å². The van der Waals surface area contributed by atoms with Crippen molar-refractivity contribution in [2.75, 3.05) is 6.61 Å². The van der Waals surface area contributed by atoms with Crippen molar-refractivity contribution in [3.8, 4) is 0 Å². The van der Waals surface area contributed by atoms with Gasteiger partial charge in [-0.15, -0.1) is 0 Å². The van der Waals surface area contributed by atoms with Gasteiger partial charge in [-0.05, 0) is 33.1 Å². The zero-order valence-electron chi connectivity index (χ0n) is 8.45. The average molecular weight is 188 g/mol. The van der Waals surface area contributed by atoms with Gasteiger partial charge >= 0.3 is 0 Å². The molecule has 13 heavy (non-hydrogen) atoms. The van der Waals surface area contributed by atoms with Crippen LogP contribution in [0.15, 0.2) is 12.2 Å². The maximum Gasteiger partial charge on any atom is 0.0745 e. The Morgan fingerprint density at radius 3 is 2.38 bits per heavy atom. The molecule has 0 spiro atoms. The number of aliphatic hydroxyl groups excluding tert-OH is 2. The Morgan fingerprint density at radius 1 is 1.46 bits per heavy atom. The lowest BCUT2D eigenvalue weighted by Crippen LogP contribution is -2.27. The first-order valence-corrected chi connectivity index (χ1v) is 4.56. The predicted molar refractivity (Wildman–Crippen MR) is 52.4 cm³/mol. The number of hydrogen-bond acceptors (Lipinski definition) is 3. The average Bonchev–Trinajstić information content (AvgIpc) is 2.00. The molecule has 0 heterocycles. The van der Waals surface area contributed by atoms with Crippen LogP contribution in [0.5, 0.6) is 0 Å². The fourth-order valence-corrected chi connectivity index (χ4v) is 1.06. The Hall–Kier alpha value is -0.380. The van der Waals surface area contributed by atoms with Crippen molar-refractivity contribution in [3.05, 3.63) is 12.2 Å². The molecule has 3 N–H and O–H groups in total. The fraction of sp³-hybridized carbons (Fsp3) is 0.800. The van der Waals surface area contributed by atoms with Crippen molar-refractivity contribution in [1.82, 2.24) is 0 Å². The van der Waals surface area contributed by atoms with Gasteiger partial charge in [0.2, 0.25) is 0 Å². The third-order valence-corrected chi connectivity index (χ3v) is 2.18. The summed E-state index contributed by atoms with van der Waals surface area (Å²) in [5.41, 5.74) is -0.176. The van der Waals surface area contributed by atoms with E-state index in [1.807, 2.05) is 0 Å². The normalized spacial score (nSPS) is 17.9. The summed E-state index contributed by atoms with van der Waals surface area (Å²) < 4.78 is 0. The smallest absolute Gasteiger partial charge is 0.0745 e. The summed E-state index contributed by atoms with van der Waals surface area (Å²) >= 11 is 0. The number of aliphatic hydroxyl groups is 3. The third-order valence-electron chi connectivity index (χ3n) is 2.18. The predicted octanol–water partition coefficient (Wildman–Crippen LogP) is 0.837. The molecule has 78 valence electrons. The molecule has 0 aromatic carbocycles. The minimum Gasteiger partial charge on any atom is -0.396 e. The van der Waals surface area contributed by atoms with E-state index in [0.29, 0.717) is 24.8 Å². The quantitative estimate of drug-likeness (QED) is 0.541. The largest absolute Gasteiger partial charge is 0.396 e. The van der Waals surface area contributed by atoms with Crippen LogP contribution in [0.4, 0.5) is 0 Å². The SMILES string of the molecule is C=C(C)C(O)CCC(C)(O)CCO. The van der Waals surface area contributed by atoms with Crippen molar-refractivity contribution in [3.63, 3.8) is 0 Å². The lowest BCUT2D eigenvalue weighted by molar-refractivity contribution is 0.0146. The molecule has 0 saturated heterocycles. The van der Waals surface area contributed by atoms with E-state index in [1.54, 1.807) is 13.8 Å². The minimum absolute atomic E-state index is 0.0316. The van der Waals surface area contributed by atoms with E-state index in [-0.39, 0.29) is 6.61 Å². The Labute approximate surface area is 79.7 Å². The summed E-state index contributed by atoms with van der Waals surface area (Å²) in [6, 6.07) is 0. The molecule has 3 heteroatoms. The monoisotopic (exact) mass is 188 g/mol. The molecular weight excluding hydrogens is 168 g/mol. The summed E-state index contributed by atoms with van der Waals surface area (Å²) in [4.78, 5) is 0. The fourth-order valence-electron chi connectivity index (χ4n) is 1.06. The molecule has 2 unspecified atom stereocenters. The summed E-state index contributed by atoms with van der Waals surface area (Å²) in [7, 11) is 0. The highest BCUT2D eigenvalue weighted by molar-refractivity contribution is 4.97. The summed E-state index contributed by atoms with van der Waals surface area (Å²) in [5.74, 6) is 0.